The molecule has 6 heteroatoms. The maximum Gasteiger partial charge on any atom is 0.246 e. The Labute approximate surface area is 126 Å². The molecule has 1 aliphatic carbocycles. The average Bonchev–Trinajstić information content (AvgIpc) is 2.89. The second-order valence-corrected chi connectivity index (χ2v) is 7.92. The standard InChI is InChI=1S/C14H21ClN2O2S/c1-11(2)10-17(12-6-3-4-7-12)20(18,19)13-8-5-9-16-14(13)15/h5,8-9,11-12H,3-4,6-7,10H2,1-2H3. The van der Waals surface area contributed by atoms with E-state index in [0.29, 0.717) is 6.54 Å². The fraction of sp³-hybridized carbons (Fsp3) is 0.643. The minimum absolute atomic E-state index is 0.0549. The van der Waals surface area contributed by atoms with E-state index in [2.05, 4.69) is 4.98 Å². The van der Waals surface area contributed by atoms with Crippen LogP contribution in [0, 0.1) is 5.92 Å². The van der Waals surface area contributed by atoms with Crippen LogP contribution in [0.2, 0.25) is 5.15 Å². The topological polar surface area (TPSA) is 50.3 Å². The van der Waals surface area contributed by atoms with Crippen molar-refractivity contribution >= 4 is 21.6 Å². The summed E-state index contributed by atoms with van der Waals surface area (Å²) in [7, 11) is -3.57. The average molecular weight is 317 g/mol. The molecule has 0 radical (unpaired) electrons. The van der Waals surface area contributed by atoms with Crippen LogP contribution in [-0.2, 0) is 10.0 Å². The highest BCUT2D eigenvalue weighted by molar-refractivity contribution is 7.89. The van der Waals surface area contributed by atoms with Gasteiger partial charge in [0, 0.05) is 18.8 Å². The molecule has 112 valence electrons. The molecule has 1 aliphatic rings. The third kappa shape index (κ3) is 3.32. The van der Waals surface area contributed by atoms with Gasteiger partial charge in [0.15, 0.2) is 0 Å². The number of halogens is 1. The predicted molar refractivity (Wildman–Crippen MR) is 80.2 cm³/mol. The minimum Gasteiger partial charge on any atom is -0.243 e. The van der Waals surface area contributed by atoms with Crippen LogP contribution in [0.15, 0.2) is 23.2 Å². The van der Waals surface area contributed by atoms with E-state index >= 15 is 0 Å². The molecule has 1 fully saturated rings. The third-order valence-corrected chi connectivity index (χ3v) is 5.95. The van der Waals surface area contributed by atoms with Gasteiger partial charge >= 0.3 is 0 Å². The van der Waals surface area contributed by atoms with Crippen molar-refractivity contribution in [3.8, 4) is 0 Å². The highest BCUT2D eigenvalue weighted by Crippen LogP contribution is 2.31. The summed E-state index contributed by atoms with van der Waals surface area (Å²) in [5, 5.41) is 0.0549. The van der Waals surface area contributed by atoms with Crippen molar-refractivity contribution in [1.29, 1.82) is 0 Å². The van der Waals surface area contributed by atoms with Gasteiger partial charge in [-0.05, 0) is 30.9 Å². The number of rotatable bonds is 5. The van der Waals surface area contributed by atoms with Crippen LogP contribution >= 0.6 is 11.6 Å². The summed E-state index contributed by atoms with van der Waals surface area (Å²) in [4.78, 5) is 4.01. The number of nitrogens with zero attached hydrogens (tertiary/aromatic N) is 2. The normalized spacial score (nSPS) is 17.2. The van der Waals surface area contributed by atoms with Crippen molar-refractivity contribution in [2.45, 2.75) is 50.5 Å². The summed E-state index contributed by atoms with van der Waals surface area (Å²) >= 11 is 5.98. The first-order valence-electron chi connectivity index (χ1n) is 7.05. The summed E-state index contributed by atoms with van der Waals surface area (Å²) in [5.41, 5.74) is 0. The molecular weight excluding hydrogens is 296 g/mol. The second-order valence-electron chi connectivity index (χ2n) is 5.70. The van der Waals surface area contributed by atoms with Gasteiger partial charge in [-0.2, -0.15) is 4.31 Å². The molecule has 0 amide bonds. The molecular formula is C14H21ClN2O2S. The van der Waals surface area contributed by atoms with Crippen LogP contribution in [0.4, 0.5) is 0 Å². The first-order valence-corrected chi connectivity index (χ1v) is 8.87. The largest absolute Gasteiger partial charge is 0.246 e. The van der Waals surface area contributed by atoms with Crippen LogP contribution in [-0.4, -0.2) is 30.3 Å². The minimum atomic E-state index is -3.57. The lowest BCUT2D eigenvalue weighted by atomic mass is 10.2. The first-order chi connectivity index (χ1) is 9.43. The van der Waals surface area contributed by atoms with Gasteiger partial charge in [-0.25, -0.2) is 13.4 Å². The Bertz CT molecular complexity index is 554. The Morgan fingerprint density at radius 1 is 1.40 bits per heavy atom. The van der Waals surface area contributed by atoms with Crippen LogP contribution in [0.25, 0.3) is 0 Å². The molecule has 20 heavy (non-hydrogen) atoms. The van der Waals surface area contributed by atoms with Gasteiger partial charge in [0.2, 0.25) is 10.0 Å². The lowest BCUT2D eigenvalue weighted by Crippen LogP contribution is -2.41. The zero-order valence-electron chi connectivity index (χ0n) is 11.9. The number of pyridine rings is 1. The van der Waals surface area contributed by atoms with E-state index in [0.717, 1.165) is 25.7 Å². The summed E-state index contributed by atoms with van der Waals surface area (Å²) in [6.45, 7) is 4.59. The van der Waals surface area contributed by atoms with Crippen molar-refractivity contribution < 1.29 is 8.42 Å². The van der Waals surface area contributed by atoms with Gasteiger partial charge in [0.25, 0.3) is 0 Å². The third-order valence-electron chi connectivity index (χ3n) is 3.59. The molecule has 1 saturated carbocycles. The SMILES string of the molecule is CC(C)CN(C1CCCC1)S(=O)(=O)c1cccnc1Cl. The quantitative estimate of drug-likeness (QED) is 0.783. The monoisotopic (exact) mass is 316 g/mol. The van der Waals surface area contributed by atoms with Crippen LogP contribution in [0.5, 0.6) is 0 Å². The van der Waals surface area contributed by atoms with Crippen LogP contribution < -0.4 is 0 Å². The summed E-state index contributed by atoms with van der Waals surface area (Å²) in [6, 6.07) is 3.24. The predicted octanol–water partition coefficient (Wildman–Crippen LogP) is 3.32. The molecule has 1 heterocycles. The number of hydrogen-bond acceptors (Lipinski definition) is 3. The highest BCUT2D eigenvalue weighted by atomic mass is 35.5. The molecule has 0 unspecified atom stereocenters. The Hall–Kier alpha value is -0.650. The Balaban J connectivity index is 2.38. The molecule has 1 aromatic heterocycles. The molecule has 0 saturated heterocycles. The highest BCUT2D eigenvalue weighted by Gasteiger charge is 2.34. The fourth-order valence-electron chi connectivity index (χ4n) is 2.69. The zero-order chi connectivity index (χ0) is 14.8. The number of hydrogen-bond donors (Lipinski definition) is 0. The first kappa shape index (κ1) is 15.7. The molecule has 1 aromatic rings. The smallest absolute Gasteiger partial charge is 0.243 e. The fourth-order valence-corrected chi connectivity index (χ4v) is 4.96. The van der Waals surface area contributed by atoms with Gasteiger partial charge < -0.3 is 0 Å². The van der Waals surface area contributed by atoms with E-state index in [1.807, 2.05) is 13.8 Å². The Kier molecular flexibility index (Phi) is 5.04. The lowest BCUT2D eigenvalue weighted by Gasteiger charge is -2.29. The Morgan fingerprint density at radius 3 is 2.60 bits per heavy atom. The van der Waals surface area contributed by atoms with Gasteiger partial charge in [0.1, 0.15) is 10.0 Å². The van der Waals surface area contributed by atoms with Gasteiger partial charge in [-0.15, -0.1) is 0 Å². The molecule has 0 spiro atoms. The van der Waals surface area contributed by atoms with Crippen molar-refractivity contribution in [3.63, 3.8) is 0 Å². The maximum absolute atomic E-state index is 12.9. The van der Waals surface area contributed by atoms with E-state index in [1.54, 1.807) is 10.4 Å². The summed E-state index contributed by atoms with van der Waals surface area (Å²) in [5.74, 6) is 0.279. The molecule has 2 rings (SSSR count). The molecule has 4 nitrogen and oxygen atoms in total. The van der Waals surface area contributed by atoms with Gasteiger partial charge in [0.05, 0.1) is 0 Å². The van der Waals surface area contributed by atoms with Gasteiger partial charge in [-0.1, -0.05) is 38.3 Å². The summed E-state index contributed by atoms with van der Waals surface area (Å²) in [6.07, 6.45) is 5.56. The van der Waals surface area contributed by atoms with Crippen LogP contribution in [0.1, 0.15) is 39.5 Å². The van der Waals surface area contributed by atoms with Crippen molar-refractivity contribution in [3.05, 3.63) is 23.5 Å². The molecule has 0 bridgehead atoms. The van der Waals surface area contributed by atoms with Gasteiger partial charge in [-0.3, -0.25) is 0 Å². The molecule has 0 aliphatic heterocycles. The van der Waals surface area contributed by atoms with E-state index in [-0.39, 0.29) is 22.0 Å². The van der Waals surface area contributed by atoms with Crippen molar-refractivity contribution in [2.24, 2.45) is 5.92 Å². The molecule has 0 atom stereocenters. The van der Waals surface area contributed by atoms with E-state index in [1.165, 1.54) is 12.3 Å². The second kappa shape index (κ2) is 6.41. The summed E-state index contributed by atoms with van der Waals surface area (Å²) < 4.78 is 27.4. The van der Waals surface area contributed by atoms with E-state index in [9.17, 15) is 8.42 Å². The lowest BCUT2D eigenvalue weighted by molar-refractivity contribution is 0.292. The van der Waals surface area contributed by atoms with Crippen molar-refractivity contribution in [2.75, 3.05) is 6.54 Å². The maximum atomic E-state index is 12.9. The number of aromatic nitrogens is 1. The molecule has 0 aromatic carbocycles. The Morgan fingerprint density at radius 2 is 2.05 bits per heavy atom. The van der Waals surface area contributed by atoms with E-state index < -0.39 is 10.0 Å². The zero-order valence-corrected chi connectivity index (χ0v) is 13.5. The molecule has 0 N–H and O–H groups in total. The van der Waals surface area contributed by atoms with Crippen molar-refractivity contribution in [1.82, 2.24) is 9.29 Å². The van der Waals surface area contributed by atoms with Crippen LogP contribution in [0.3, 0.4) is 0 Å². The number of sulfonamides is 1. The van der Waals surface area contributed by atoms with E-state index in [4.69, 9.17) is 11.6 Å².